The first kappa shape index (κ1) is 9.95. The molecular weight excluding hydrogens is 168 g/mol. The molecule has 1 rings (SSSR count). The monoisotopic (exact) mass is 182 g/mol. The van der Waals surface area contributed by atoms with Crippen LogP contribution in [0.25, 0.3) is 0 Å². The number of anilines is 1. The maximum atomic E-state index is 8.90. The number of hydrogen-bond acceptors (Lipinski definition) is 4. The van der Waals surface area contributed by atoms with Crippen molar-refractivity contribution >= 4 is 5.69 Å². The van der Waals surface area contributed by atoms with Crippen molar-refractivity contribution in [3.8, 4) is 0 Å². The molecule has 0 bridgehead atoms. The first-order valence-electron chi connectivity index (χ1n) is 4.06. The van der Waals surface area contributed by atoms with Gasteiger partial charge in [-0.2, -0.15) is 0 Å². The lowest BCUT2D eigenvalue weighted by molar-refractivity contribution is 0.265. The Balaban J connectivity index is 3.07. The minimum atomic E-state index is -0.103. The van der Waals surface area contributed by atoms with Crippen molar-refractivity contribution in [1.82, 2.24) is 4.98 Å². The maximum Gasteiger partial charge on any atom is 0.0853 e. The Morgan fingerprint density at radius 2 is 1.62 bits per heavy atom. The van der Waals surface area contributed by atoms with Gasteiger partial charge in [0.2, 0.25) is 0 Å². The lowest BCUT2D eigenvalue weighted by Crippen LogP contribution is -2.10. The van der Waals surface area contributed by atoms with Crippen molar-refractivity contribution in [1.29, 1.82) is 0 Å². The molecule has 72 valence electrons. The first-order chi connectivity index (χ1) is 6.17. The average Bonchev–Trinajstić information content (AvgIpc) is 2.16. The summed E-state index contributed by atoms with van der Waals surface area (Å²) < 4.78 is 0. The van der Waals surface area contributed by atoms with E-state index in [0.717, 1.165) is 5.69 Å². The normalized spacial score (nSPS) is 10.2. The number of nitrogens with zero attached hydrogens (tertiary/aromatic N) is 2. The van der Waals surface area contributed by atoms with E-state index in [0.29, 0.717) is 11.4 Å². The number of aliphatic hydroxyl groups is 2. The van der Waals surface area contributed by atoms with Gasteiger partial charge >= 0.3 is 0 Å². The van der Waals surface area contributed by atoms with E-state index < -0.39 is 0 Å². The Morgan fingerprint density at radius 1 is 1.15 bits per heavy atom. The summed E-state index contributed by atoms with van der Waals surface area (Å²) in [6.07, 6.45) is 0. The lowest BCUT2D eigenvalue weighted by Gasteiger charge is -2.14. The molecule has 0 saturated heterocycles. The molecule has 0 aliphatic heterocycles. The molecule has 0 atom stereocenters. The number of aliphatic hydroxyl groups excluding tert-OH is 2. The van der Waals surface area contributed by atoms with Gasteiger partial charge in [-0.1, -0.05) is 0 Å². The highest BCUT2D eigenvalue weighted by atomic mass is 16.3. The third-order valence-electron chi connectivity index (χ3n) is 1.76. The number of rotatable bonds is 3. The van der Waals surface area contributed by atoms with Crippen LogP contribution in [-0.2, 0) is 13.2 Å². The minimum absolute atomic E-state index is 0.103. The van der Waals surface area contributed by atoms with Crippen molar-refractivity contribution < 1.29 is 10.2 Å². The fourth-order valence-electron chi connectivity index (χ4n) is 1.05. The summed E-state index contributed by atoms with van der Waals surface area (Å²) in [6, 6.07) is 3.58. The SMILES string of the molecule is CN(C)c1cc(CO)nc(CO)c1. The van der Waals surface area contributed by atoms with Crippen molar-refractivity contribution in [2.24, 2.45) is 0 Å². The fourth-order valence-corrected chi connectivity index (χ4v) is 1.05. The average molecular weight is 182 g/mol. The van der Waals surface area contributed by atoms with Gasteiger partial charge in [0.05, 0.1) is 24.6 Å². The van der Waals surface area contributed by atoms with Gasteiger partial charge in [0.1, 0.15) is 0 Å². The van der Waals surface area contributed by atoms with E-state index in [2.05, 4.69) is 4.98 Å². The van der Waals surface area contributed by atoms with Gasteiger partial charge in [-0.3, -0.25) is 4.98 Å². The Kier molecular flexibility index (Phi) is 3.22. The van der Waals surface area contributed by atoms with E-state index in [1.807, 2.05) is 19.0 Å². The van der Waals surface area contributed by atoms with Crippen molar-refractivity contribution in [2.75, 3.05) is 19.0 Å². The molecule has 0 aliphatic rings. The van der Waals surface area contributed by atoms with Gasteiger partial charge in [0, 0.05) is 19.8 Å². The molecule has 4 nitrogen and oxygen atoms in total. The van der Waals surface area contributed by atoms with Crippen molar-refractivity contribution in [3.63, 3.8) is 0 Å². The molecule has 0 unspecified atom stereocenters. The van der Waals surface area contributed by atoms with Crippen molar-refractivity contribution in [2.45, 2.75) is 13.2 Å². The Hall–Kier alpha value is -1.13. The molecule has 4 heteroatoms. The van der Waals surface area contributed by atoms with E-state index in [9.17, 15) is 0 Å². The molecule has 2 N–H and O–H groups in total. The fraction of sp³-hybridized carbons (Fsp3) is 0.444. The van der Waals surface area contributed by atoms with Crippen LogP contribution in [0.1, 0.15) is 11.4 Å². The van der Waals surface area contributed by atoms with Crippen LogP contribution in [0.2, 0.25) is 0 Å². The highest BCUT2D eigenvalue weighted by molar-refractivity contribution is 5.46. The van der Waals surface area contributed by atoms with Gasteiger partial charge in [-0.05, 0) is 12.1 Å². The molecule has 13 heavy (non-hydrogen) atoms. The second kappa shape index (κ2) is 4.20. The second-order valence-corrected chi connectivity index (χ2v) is 3.02. The third-order valence-corrected chi connectivity index (χ3v) is 1.76. The van der Waals surface area contributed by atoms with Crippen LogP contribution in [0.5, 0.6) is 0 Å². The number of hydrogen-bond donors (Lipinski definition) is 2. The van der Waals surface area contributed by atoms with E-state index in [1.165, 1.54) is 0 Å². The Bertz CT molecular complexity index is 265. The predicted octanol–water partition coefficient (Wildman–Crippen LogP) is 0.132. The van der Waals surface area contributed by atoms with Crippen LogP contribution in [0.15, 0.2) is 12.1 Å². The number of pyridine rings is 1. The summed E-state index contributed by atoms with van der Waals surface area (Å²) in [4.78, 5) is 5.93. The zero-order valence-electron chi connectivity index (χ0n) is 7.86. The van der Waals surface area contributed by atoms with E-state index >= 15 is 0 Å². The topological polar surface area (TPSA) is 56.6 Å². The summed E-state index contributed by atoms with van der Waals surface area (Å²) in [5.74, 6) is 0. The summed E-state index contributed by atoms with van der Waals surface area (Å²) in [5, 5.41) is 17.8. The zero-order chi connectivity index (χ0) is 9.84. The zero-order valence-corrected chi connectivity index (χ0v) is 7.86. The molecule has 0 fully saturated rings. The highest BCUT2D eigenvalue weighted by Gasteiger charge is 2.02. The van der Waals surface area contributed by atoms with Crippen LogP contribution in [0.3, 0.4) is 0 Å². The highest BCUT2D eigenvalue weighted by Crippen LogP contribution is 2.14. The molecule has 0 amide bonds. The van der Waals surface area contributed by atoms with Crippen molar-refractivity contribution in [3.05, 3.63) is 23.5 Å². The molecule has 1 aromatic heterocycles. The predicted molar refractivity (Wildman–Crippen MR) is 50.4 cm³/mol. The first-order valence-corrected chi connectivity index (χ1v) is 4.06. The Labute approximate surface area is 77.5 Å². The largest absolute Gasteiger partial charge is 0.390 e. The van der Waals surface area contributed by atoms with Gasteiger partial charge in [-0.15, -0.1) is 0 Å². The molecule has 1 heterocycles. The summed E-state index contributed by atoms with van der Waals surface area (Å²) in [7, 11) is 3.80. The van der Waals surface area contributed by atoms with E-state index in [1.54, 1.807) is 12.1 Å². The summed E-state index contributed by atoms with van der Waals surface area (Å²) in [6.45, 7) is -0.205. The number of aromatic nitrogens is 1. The van der Waals surface area contributed by atoms with Crippen LogP contribution in [0, 0.1) is 0 Å². The molecule has 0 saturated carbocycles. The van der Waals surface area contributed by atoms with Crippen LogP contribution in [0.4, 0.5) is 5.69 Å². The molecular formula is C9H14N2O2. The van der Waals surface area contributed by atoms with E-state index in [4.69, 9.17) is 10.2 Å². The van der Waals surface area contributed by atoms with Gasteiger partial charge in [0.15, 0.2) is 0 Å². The van der Waals surface area contributed by atoms with Gasteiger partial charge in [-0.25, -0.2) is 0 Å². The smallest absolute Gasteiger partial charge is 0.0853 e. The molecule has 0 spiro atoms. The van der Waals surface area contributed by atoms with Crippen LogP contribution < -0.4 is 4.90 Å². The molecule has 0 aliphatic carbocycles. The molecule has 0 radical (unpaired) electrons. The standard InChI is InChI=1S/C9H14N2O2/c1-11(2)9-3-7(5-12)10-8(4-9)6-13/h3-4,12-13H,5-6H2,1-2H3. The van der Waals surface area contributed by atoms with Crippen LogP contribution in [-0.4, -0.2) is 29.3 Å². The quantitative estimate of drug-likeness (QED) is 0.697. The van der Waals surface area contributed by atoms with Gasteiger partial charge in [0.25, 0.3) is 0 Å². The van der Waals surface area contributed by atoms with E-state index in [-0.39, 0.29) is 13.2 Å². The molecule has 0 aromatic carbocycles. The summed E-state index contributed by atoms with van der Waals surface area (Å²) in [5.41, 5.74) is 2.09. The molecule has 1 aromatic rings. The Morgan fingerprint density at radius 3 is 1.92 bits per heavy atom. The van der Waals surface area contributed by atoms with Crippen LogP contribution >= 0.6 is 0 Å². The third kappa shape index (κ3) is 2.40. The maximum absolute atomic E-state index is 8.90. The summed E-state index contributed by atoms with van der Waals surface area (Å²) >= 11 is 0. The second-order valence-electron chi connectivity index (χ2n) is 3.02. The lowest BCUT2D eigenvalue weighted by atomic mass is 10.2. The van der Waals surface area contributed by atoms with Gasteiger partial charge < -0.3 is 15.1 Å². The minimum Gasteiger partial charge on any atom is -0.390 e.